The smallest absolute Gasteiger partial charge is 0.307 e. The molecule has 2 atom stereocenters. The topological polar surface area (TPSA) is 77.9 Å². The van der Waals surface area contributed by atoms with Gasteiger partial charge >= 0.3 is 5.97 Å². The zero-order valence-electron chi connectivity index (χ0n) is 10.6. The van der Waals surface area contributed by atoms with Crippen molar-refractivity contribution >= 4 is 18.3 Å². The van der Waals surface area contributed by atoms with E-state index >= 15 is 0 Å². The van der Waals surface area contributed by atoms with Gasteiger partial charge in [0.2, 0.25) is 12.3 Å². The van der Waals surface area contributed by atoms with E-state index < -0.39 is 23.2 Å². The number of hydrogen-bond donors (Lipinski definition) is 1. The Morgan fingerprint density at radius 3 is 2.11 bits per heavy atom. The predicted molar refractivity (Wildman–Crippen MR) is 62.6 cm³/mol. The molecule has 0 aromatic heterocycles. The molecule has 0 aromatic rings. The van der Waals surface area contributed by atoms with Crippen molar-refractivity contribution in [2.24, 2.45) is 17.3 Å². The summed E-state index contributed by atoms with van der Waals surface area (Å²) in [4.78, 5) is 37.2. The van der Waals surface area contributed by atoms with Crippen LogP contribution in [-0.2, 0) is 14.4 Å². The fraction of sp³-hybridized carbons (Fsp3) is 0.750. The summed E-state index contributed by atoms with van der Waals surface area (Å²) in [5.74, 6) is -1.98. The highest BCUT2D eigenvalue weighted by Gasteiger charge is 2.66. The molecular weight excluding hydrogens is 236 g/mol. The Hall–Kier alpha value is -1.59. The van der Waals surface area contributed by atoms with Crippen LogP contribution in [-0.4, -0.2) is 59.4 Å². The number of hydrogen-bond acceptors (Lipinski definition) is 3. The van der Waals surface area contributed by atoms with Gasteiger partial charge in [0, 0.05) is 26.2 Å². The first kappa shape index (κ1) is 12.9. The molecule has 0 aromatic carbocycles. The monoisotopic (exact) mass is 254 g/mol. The second-order valence-corrected chi connectivity index (χ2v) is 5.58. The molecule has 1 heterocycles. The van der Waals surface area contributed by atoms with Crippen molar-refractivity contribution in [3.05, 3.63) is 0 Å². The van der Waals surface area contributed by atoms with E-state index in [0.717, 1.165) is 6.41 Å². The quantitative estimate of drug-likeness (QED) is 0.698. The van der Waals surface area contributed by atoms with Gasteiger partial charge in [-0.2, -0.15) is 0 Å². The Balaban J connectivity index is 1.98. The van der Waals surface area contributed by atoms with Gasteiger partial charge in [-0.05, 0) is 5.41 Å². The van der Waals surface area contributed by atoms with Gasteiger partial charge in [-0.25, -0.2) is 0 Å². The first-order chi connectivity index (χ1) is 8.39. The van der Waals surface area contributed by atoms with E-state index in [2.05, 4.69) is 0 Å². The van der Waals surface area contributed by atoms with Crippen molar-refractivity contribution in [3.8, 4) is 0 Å². The van der Waals surface area contributed by atoms with Crippen LogP contribution in [0.1, 0.15) is 13.8 Å². The molecule has 1 aliphatic carbocycles. The van der Waals surface area contributed by atoms with Gasteiger partial charge in [0.25, 0.3) is 0 Å². The van der Waals surface area contributed by atoms with Crippen molar-refractivity contribution in [2.75, 3.05) is 26.2 Å². The molecule has 18 heavy (non-hydrogen) atoms. The van der Waals surface area contributed by atoms with Crippen LogP contribution in [0.25, 0.3) is 0 Å². The number of nitrogens with zero attached hydrogens (tertiary/aromatic N) is 2. The number of piperazine rings is 1. The maximum Gasteiger partial charge on any atom is 0.307 e. The third kappa shape index (κ3) is 1.95. The molecule has 2 aliphatic rings. The van der Waals surface area contributed by atoms with Gasteiger partial charge < -0.3 is 14.9 Å². The summed E-state index contributed by atoms with van der Waals surface area (Å²) in [6, 6.07) is 0. The molecule has 2 amide bonds. The average Bonchev–Trinajstić information content (AvgIpc) is 2.92. The zero-order valence-corrected chi connectivity index (χ0v) is 10.6. The fourth-order valence-corrected chi connectivity index (χ4v) is 2.80. The third-order valence-corrected chi connectivity index (χ3v) is 4.13. The molecular formula is C12H18N2O4. The summed E-state index contributed by atoms with van der Waals surface area (Å²) in [5, 5.41) is 9.06. The Bertz CT molecular complexity index is 386. The Morgan fingerprint density at radius 2 is 1.72 bits per heavy atom. The van der Waals surface area contributed by atoms with Crippen LogP contribution in [0.15, 0.2) is 0 Å². The van der Waals surface area contributed by atoms with Crippen molar-refractivity contribution in [2.45, 2.75) is 13.8 Å². The van der Waals surface area contributed by atoms with Crippen molar-refractivity contribution in [3.63, 3.8) is 0 Å². The Morgan fingerprint density at radius 1 is 1.17 bits per heavy atom. The van der Waals surface area contributed by atoms with E-state index in [1.807, 2.05) is 13.8 Å². The van der Waals surface area contributed by atoms with E-state index in [0.29, 0.717) is 26.2 Å². The van der Waals surface area contributed by atoms with Crippen molar-refractivity contribution in [1.29, 1.82) is 0 Å². The molecule has 2 rings (SSSR count). The number of carbonyl (C=O) groups excluding carboxylic acids is 2. The molecule has 2 fully saturated rings. The largest absolute Gasteiger partial charge is 0.481 e. The molecule has 1 saturated heterocycles. The molecule has 0 bridgehead atoms. The van der Waals surface area contributed by atoms with E-state index in [1.165, 1.54) is 0 Å². The number of carboxylic acids is 1. The lowest BCUT2D eigenvalue weighted by Gasteiger charge is -2.33. The van der Waals surface area contributed by atoms with Gasteiger partial charge in [0.15, 0.2) is 0 Å². The molecule has 100 valence electrons. The standard InChI is InChI=1S/C12H18N2O4/c1-12(2)8(9(12)11(17)18)10(16)14-5-3-13(7-15)4-6-14/h7-9H,3-6H2,1-2H3,(H,17,18)/t8-,9-/m0/s1. The highest BCUT2D eigenvalue weighted by molar-refractivity contribution is 5.91. The lowest BCUT2D eigenvalue weighted by Crippen LogP contribution is -2.49. The third-order valence-electron chi connectivity index (χ3n) is 4.13. The number of carboxylic acid groups (broad SMARTS) is 1. The second kappa shape index (κ2) is 4.26. The summed E-state index contributed by atoms with van der Waals surface area (Å²) in [5.41, 5.74) is -0.454. The lowest BCUT2D eigenvalue weighted by atomic mass is 10.1. The van der Waals surface area contributed by atoms with Crippen molar-refractivity contribution in [1.82, 2.24) is 9.80 Å². The summed E-state index contributed by atoms with van der Waals surface area (Å²) < 4.78 is 0. The summed E-state index contributed by atoms with van der Waals surface area (Å²) in [6.45, 7) is 5.68. The second-order valence-electron chi connectivity index (χ2n) is 5.58. The summed E-state index contributed by atoms with van der Waals surface area (Å²) in [6.07, 6.45) is 0.781. The maximum absolute atomic E-state index is 12.2. The molecule has 6 heteroatoms. The number of carbonyl (C=O) groups is 3. The molecule has 1 saturated carbocycles. The van der Waals surface area contributed by atoms with Crippen LogP contribution >= 0.6 is 0 Å². The normalized spacial score (nSPS) is 29.9. The van der Waals surface area contributed by atoms with Crippen LogP contribution in [0.5, 0.6) is 0 Å². The first-order valence-corrected chi connectivity index (χ1v) is 6.10. The van der Waals surface area contributed by atoms with E-state index in [9.17, 15) is 14.4 Å². The van der Waals surface area contributed by atoms with Crippen LogP contribution in [0.3, 0.4) is 0 Å². The number of amides is 2. The van der Waals surface area contributed by atoms with Crippen molar-refractivity contribution < 1.29 is 19.5 Å². The van der Waals surface area contributed by atoms with Gasteiger partial charge in [-0.3, -0.25) is 14.4 Å². The van der Waals surface area contributed by atoms with Gasteiger partial charge in [-0.1, -0.05) is 13.8 Å². The maximum atomic E-state index is 12.2. The van der Waals surface area contributed by atoms with Crippen LogP contribution in [0.2, 0.25) is 0 Å². The lowest BCUT2D eigenvalue weighted by molar-refractivity contribution is -0.142. The minimum absolute atomic E-state index is 0.0852. The highest BCUT2D eigenvalue weighted by atomic mass is 16.4. The molecule has 1 aliphatic heterocycles. The number of aliphatic carboxylic acids is 1. The predicted octanol–water partition coefficient (Wildman–Crippen LogP) is -0.356. The number of rotatable bonds is 3. The minimum atomic E-state index is -0.898. The average molecular weight is 254 g/mol. The SMILES string of the molecule is CC1(C)[C@H](C(=O)O)[C@H]1C(=O)N1CCN(C=O)CC1. The fourth-order valence-electron chi connectivity index (χ4n) is 2.80. The van der Waals surface area contributed by atoms with E-state index in [4.69, 9.17) is 5.11 Å². The molecule has 0 unspecified atom stereocenters. The van der Waals surface area contributed by atoms with Crippen LogP contribution in [0.4, 0.5) is 0 Å². The Labute approximate surface area is 106 Å². The van der Waals surface area contributed by atoms with Crippen LogP contribution < -0.4 is 0 Å². The van der Waals surface area contributed by atoms with Gasteiger partial charge in [-0.15, -0.1) is 0 Å². The Kier molecular flexibility index (Phi) is 3.04. The molecule has 0 spiro atoms. The van der Waals surface area contributed by atoms with Crippen LogP contribution in [0, 0.1) is 17.3 Å². The molecule has 6 nitrogen and oxygen atoms in total. The molecule has 1 N–H and O–H groups in total. The molecule has 0 radical (unpaired) electrons. The summed E-state index contributed by atoms with van der Waals surface area (Å²) >= 11 is 0. The minimum Gasteiger partial charge on any atom is -0.481 e. The zero-order chi connectivity index (χ0) is 13.5. The summed E-state index contributed by atoms with van der Waals surface area (Å²) in [7, 11) is 0. The van der Waals surface area contributed by atoms with E-state index in [-0.39, 0.29) is 5.91 Å². The van der Waals surface area contributed by atoms with E-state index in [1.54, 1.807) is 9.80 Å². The van der Waals surface area contributed by atoms with Gasteiger partial charge in [0.05, 0.1) is 11.8 Å². The first-order valence-electron chi connectivity index (χ1n) is 6.10. The van der Waals surface area contributed by atoms with Gasteiger partial charge in [0.1, 0.15) is 0 Å². The highest BCUT2D eigenvalue weighted by Crippen LogP contribution is 2.59.